The lowest BCUT2D eigenvalue weighted by Crippen LogP contribution is -1.96. The number of fused-ring (bicyclic) bond motifs is 1. The van der Waals surface area contributed by atoms with E-state index in [0.717, 1.165) is 34.4 Å². The predicted octanol–water partition coefficient (Wildman–Crippen LogP) is 3.53. The van der Waals surface area contributed by atoms with E-state index in [0.29, 0.717) is 6.61 Å². The highest BCUT2D eigenvalue weighted by atomic mass is 16.5. The molecule has 0 saturated carbocycles. The Balaban J connectivity index is 1.91. The zero-order valence-corrected chi connectivity index (χ0v) is 11.9. The van der Waals surface area contributed by atoms with Crippen LogP contribution < -0.4 is 10.5 Å². The summed E-state index contributed by atoms with van der Waals surface area (Å²) in [6.45, 7) is 3.44. The number of hydrogen-bond donors (Lipinski definition) is 2. The van der Waals surface area contributed by atoms with Crippen molar-refractivity contribution in [3.05, 3.63) is 54.2 Å². The quantitative estimate of drug-likeness (QED) is 0.720. The summed E-state index contributed by atoms with van der Waals surface area (Å²) in [4.78, 5) is 0. The number of nitrogens with two attached hydrogens (primary N) is 1. The van der Waals surface area contributed by atoms with Crippen LogP contribution >= 0.6 is 0 Å². The molecule has 4 nitrogen and oxygen atoms in total. The van der Waals surface area contributed by atoms with Crippen LogP contribution in [0.2, 0.25) is 0 Å². The zero-order chi connectivity index (χ0) is 14.8. The lowest BCUT2D eigenvalue weighted by Gasteiger charge is -2.06. The summed E-state index contributed by atoms with van der Waals surface area (Å²) < 4.78 is 7.96. The first kappa shape index (κ1) is 13.4. The van der Waals surface area contributed by atoms with Crippen molar-refractivity contribution < 1.29 is 9.84 Å². The van der Waals surface area contributed by atoms with Crippen LogP contribution in [0.3, 0.4) is 0 Å². The van der Waals surface area contributed by atoms with E-state index in [1.807, 2.05) is 12.1 Å². The number of phenolic OH excluding ortho intramolecular Hbond substituents is 1. The van der Waals surface area contributed by atoms with Crippen LogP contribution in [-0.4, -0.2) is 9.67 Å². The average molecular weight is 282 g/mol. The van der Waals surface area contributed by atoms with E-state index in [1.165, 1.54) is 0 Å². The molecule has 3 rings (SSSR count). The van der Waals surface area contributed by atoms with Gasteiger partial charge in [0, 0.05) is 29.4 Å². The van der Waals surface area contributed by atoms with E-state index in [9.17, 15) is 5.11 Å². The molecule has 4 heteroatoms. The molecule has 0 aliphatic rings. The summed E-state index contributed by atoms with van der Waals surface area (Å²) in [5.74, 6) is 0.953. The van der Waals surface area contributed by atoms with Crippen LogP contribution in [0.5, 0.6) is 11.5 Å². The van der Waals surface area contributed by atoms with Crippen LogP contribution in [0.4, 0.5) is 5.69 Å². The Morgan fingerprint density at radius 3 is 2.62 bits per heavy atom. The van der Waals surface area contributed by atoms with Gasteiger partial charge in [-0.3, -0.25) is 0 Å². The third-order valence-corrected chi connectivity index (χ3v) is 3.59. The molecule has 1 heterocycles. The molecular weight excluding hydrogens is 264 g/mol. The Hall–Kier alpha value is -2.62. The first-order valence-electron chi connectivity index (χ1n) is 6.97. The second-order valence-electron chi connectivity index (χ2n) is 4.96. The van der Waals surface area contributed by atoms with Crippen molar-refractivity contribution in [2.24, 2.45) is 0 Å². The minimum atomic E-state index is 0.231. The average Bonchev–Trinajstić information content (AvgIpc) is 2.86. The molecule has 0 fully saturated rings. The summed E-state index contributed by atoms with van der Waals surface area (Å²) in [5.41, 5.74) is 9.07. The van der Waals surface area contributed by atoms with E-state index >= 15 is 0 Å². The van der Waals surface area contributed by atoms with Crippen LogP contribution in [0.15, 0.2) is 48.7 Å². The molecule has 0 aliphatic carbocycles. The Morgan fingerprint density at radius 1 is 1.14 bits per heavy atom. The fourth-order valence-corrected chi connectivity index (χ4v) is 2.54. The van der Waals surface area contributed by atoms with Gasteiger partial charge in [0.05, 0.1) is 5.52 Å². The third-order valence-electron chi connectivity index (χ3n) is 3.59. The van der Waals surface area contributed by atoms with Crippen molar-refractivity contribution in [1.82, 2.24) is 4.57 Å². The molecule has 0 bridgehead atoms. The zero-order valence-electron chi connectivity index (χ0n) is 11.9. The maximum Gasteiger partial charge on any atom is 0.120 e. The smallest absolute Gasteiger partial charge is 0.120 e. The number of nitrogens with zero attached hydrogens (tertiary/aromatic N) is 1. The molecule has 0 spiro atoms. The highest BCUT2D eigenvalue weighted by Crippen LogP contribution is 2.28. The molecular formula is C17H18N2O2. The maximum absolute atomic E-state index is 9.28. The van der Waals surface area contributed by atoms with E-state index in [1.54, 1.807) is 24.3 Å². The molecule has 21 heavy (non-hydrogen) atoms. The van der Waals surface area contributed by atoms with Crippen LogP contribution in [0.25, 0.3) is 10.9 Å². The molecule has 2 aromatic carbocycles. The first-order chi connectivity index (χ1) is 10.2. The second-order valence-corrected chi connectivity index (χ2v) is 4.96. The Morgan fingerprint density at radius 2 is 1.90 bits per heavy atom. The summed E-state index contributed by atoms with van der Waals surface area (Å²) in [5, 5.41) is 10.3. The fourth-order valence-electron chi connectivity index (χ4n) is 2.54. The SMILES string of the molecule is CCn1cc(COc2ccc(O)cc2)c2c(N)cccc21. The first-order valence-corrected chi connectivity index (χ1v) is 6.97. The molecule has 0 saturated heterocycles. The van der Waals surface area contributed by atoms with Crippen LogP contribution in [-0.2, 0) is 13.2 Å². The number of benzene rings is 2. The Bertz CT molecular complexity index is 760. The van der Waals surface area contributed by atoms with Gasteiger partial charge in [-0.25, -0.2) is 0 Å². The minimum Gasteiger partial charge on any atom is -0.508 e. The monoisotopic (exact) mass is 282 g/mol. The van der Waals surface area contributed by atoms with Gasteiger partial charge in [-0.1, -0.05) is 6.07 Å². The summed E-state index contributed by atoms with van der Waals surface area (Å²) >= 11 is 0. The molecule has 0 amide bonds. The van der Waals surface area contributed by atoms with Gasteiger partial charge in [-0.15, -0.1) is 0 Å². The van der Waals surface area contributed by atoms with Crippen LogP contribution in [0.1, 0.15) is 12.5 Å². The number of anilines is 1. The number of nitrogen functional groups attached to an aromatic ring is 1. The van der Waals surface area contributed by atoms with Gasteiger partial charge in [0.15, 0.2) is 0 Å². The van der Waals surface area contributed by atoms with Crippen molar-refractivity contribution >= 4 is 16.6 Å². The highest BCUT2D eigenvalue weighted by molar-refractivity contribution is 5.94. The minimum absolute atomic E-state index is 0.231. The van der Waals surface area contributed by atoms with Crippen molar-refractivity contribution in [2.45, 2.75) is 20.1 Å². The Kier molecular flexibility index (Phi) is 3.44. The van der Waals surface area contributed by atoms with E-state index in [2.05, 4.69) is 23.8 Å². The van der Waals surface area contributed by atoms with Gasteiger partial charge in [0.1, 0.15) is 18.1 Å². The molecule has 3 aromatic rings. The summed E-state index contributed by atoms with van der Waals surface area (Å²) in [7, 11) is 0. The molecule has 0 unspecified atom stereocenters. The van der Waals surface area contributed by atoms with E-state index in [4.69, 9.17) is 10.5 Å². The molecule has 0 aliphatic heterocycles. The molecule has 1 aromatic heterocycles. The van der Waals surface area contributed by atoms with Gasteiger partial charge in [0.2, 0.25) is 0 Å². The van der Waals surface area contributed by atoms with Crippen molar-refractivity contribution in [3.63, 3.8) is 0 Å². The topological polar surface area (TPSA) is 60.4 Å². The molecule has 108 valence electrons. The third kappa shape index (κ3) is 2.52. The molecule has 0 atom stereocenters. The lowest BCUT2D eigenvalue weighted by molar-refractivity contribution is 0.307. The van der Waals surface area contributed by atoms with Crippen molar-refractivity contribution in [1.29, 1.82) is 0 Å². The largest absolute Gasteiger partial charge is 0.508 e. The van der Waals surface area contributed by atoms with Crippen molar-refractivity contribution in [2.75, 3.05) is 5.73 Å². The molecule has 0 radical (unpaired) electrons. The number of ether oxygens (including phenoxy) is 1. The second kappa shape index (κ2) is 5.40. The summed E-state index contributed by atoms with van der Waals surface area (Å²) in [6.07, 6.45) is 2.08. The van der Waals surface area contributed by atoms with E-state index in [-0.39, 0.29) is 5.75 Å². The summed E-state index contributed by atoms with van der Waals surface area (Å²) in [6, 6.07) is 12.7. The standard InChI is InChI=1S/C17H18N2O2/c1-2-19-10-12(17-15(18)4-3-5-16(17)19)11-21-14-8-6-13(20)7-9-14/h3-10,20H,2,11,18H2,1H3. The predicted molar refractivity (Wildman–Crippen MR) is 84.5 cm³/mol. The van der Waals surface area contributed by atoms with Gasteiger partial charge in [0.25, 0.3) is 0 Å². The van der Waals surface area contributed by atoms with Crippen LogP contribution in [0, 0.1) is 0 Å². The normalized spacial score (nSPS) is 10.9. The maximum atomic E-state index is 9.28. The van der Waals surface area contributed by atoms with Crippen molar-refractivity contribution in [3.8, 4) is 11.5 Å². The number of aromatic nitrogens is 1. The van der Waals surface area contributed by atoms with Gasteiger partial charge in [-0.05, 0) is 43.3 Å². The van der Waals surface area contributed by atoms with Gasteiger partial charge < -0.3 is 20.1 Å². The van der Waals surface area contributed by atoms with Gasteiger partial charge in [-0.2, -0.15) is 0 Å². The van der Waals surface area contributed by atoms with Gasteiger partial charge >= 0.3 is 0 Å². The number of aromatic hydroxyl groups is 1. The van der Waals surface area contributed by atoms with E-state index < -0.39 is 0 Å². The fraction of sp³-hybridized carbons (Fsp3) is 0.176. The number of aryl methyl sites for hydroxylation is 1. The number of hydrogen-bond acceptors (Lipinski definition) is 3. The molecule has 3 N–H and O–H groups in total. The Labute approximate surface area is 123 Å². The number of phenols is 1. The highest BCUT2D eigenvalue weighted by Gasteiger charge is 2.10. The number of rotatable bonds is 4. The lowest BCUT2D eigenvalue weighted by atomic mass is 10.1.